The standard InChI is InChI=1S/C20H20ClF3N6O2/c1-11-26-15-10-30(9-13(15)18(27-11)28-3-2-4-28)19(31)32-12-7-29(8-12)16-5-17(20(22,23)24)25-6-14(16)21/h5-6,12H,2-4,7-10H2,1H3. The summed E-state index contributed by atoms with van der Waals surface area (Å²) < 4.78 is 44.4. The van der Waals surface area contributed by atoms with Crippen LogP contribution < -0.4 is 9.80 Å². The monoisotopic (exact) mass is 468 g/mol. The molecule has 0 atom stereocenters. The van der Waals surface area contributed by atoms with Gasteiger partial charge in [0, 0.05) is 24.8 Å². The van der Waals surface area contributed by atoms with Gasteiger partial charge >= 0.3 is 12.3 Å². The van der Waals surface area contributed by atoms with Crippen molar-refractivity contribution < 1.29 is 22.7 Å². The number of amides is 1. The van der Waals surface area contributed by atoms with Gasteiger partial charge in [0.2, 0.25) is 0 Å². The van der Waals surface area contributed by atoms with E-state index >= 15 is 0 Å². The molecule has 3 aliphatic rings. The van der Waals surface area contributed by atoms with E-state index in [1.165, 1.54) is 0 Å². The Kier molecular flexibility index (Phi) is 5.03. The average molecular weight is 469 g/mol. The van der Waals surface area contributed by atoms with Crippen LogP contribution in [0, 0.1) is 6.92 Å². The smallest absolute Gasteiger partial charge is 0.433 e. The Bertz CT molecular complexity index is 1070. The number of anilines is 2. The van der Waals surface area contributed by atoms with E-state index in [-0.39, 0.29) is 23.8 Å². The van der Waals surface area contributed by atoms with Crippen molar-refractivity contribution in [3.8, 4) is 0 Å². The summed E-state index contributed by atoms with van der Waals surface area (Å²) in [6.07, 6.45) is -3.37. The zero-order valence-corrected chi connectivity index (χ0v) is 17.9. The summed E-state index contributed by atoms with van der Waals surface area (Å²) in [6, 6.07) is 0.913. The molecule has 170 valence electrons. The molecule has 12 heteroatoms. The van der Waals surface area contributed by atoms with Gasteiger partial charge < -0.3 is 14.5 Å². The van der Waals surface area contributed by atoms with Gasteiger partial charge in [-0.3, -0.25) is 9.88 Å². The second kappa shape index (κ2) is 7.65. The highest BCUT2D eigenvalue weighted by molar-refractivity contribution is 6.33. The predicted molar refractivity (Wildman–Crippen MR) is 110 cm³/mol. The Hall–Kier alpha value is -2.82. The van der Waals surface area contributed by atoms with Gasteiger partial charge in [0.05, 0.1) is 42.6 Å². The molecule has 8 nitrogen and oxygen atoms in total. The molecular formula is C20H20ClF3N6O2. The van der Waals surface area contributed by atoms with Crippen molar-refractivity contribution in [2.24, 2.45) is 0 Å². The number of ether oxygens (including phenoxy) is 1. The van der Waals surface area contributed by atoms with Crippen LogP contribution in [0.15, 0.2) is 12.3 Å². The fourth-order valence-corrected chi connectivity index (χ4v) is 4.25. The highest BCUT2D eigenvalue weighted by Gasteiger charge is 2.38. The summed E-state index contributed by atoms with van der Waals surface area (Å²) in [4.78, 5) is 30.5. The molecule has 0 saturated carbocycles. The Balaban J connectivity index is 1.21. The minimum Gasteiger partial charge on any atom is -0.442 e. The Morgan fingerprint density at radius 2 is 1.94 bits per heavy atom. The quantitative estimate of drug-likeness (QED) is 0.683. The number of fused-ring (bicyclic) bond motifs is 1. The molecule has 0 spiro atoms. The van der Waals surface area contributed by atoms with Crippen LogP contribution in [0.4, 0.5) is 29.5 Å². The van der Waals surface area contributed by atoms with Crippen molar-refractivity contribution in [3.63, 3.8) is 0 Å². The summed E-state index contributed by atoms with van der Waals surface area (Å²) in [7, 11) is 0. The SMILES string of the molecule is Cc1nc2c(c(N3CCC3)n1)CN(C(=O)OC1CN(c3cc(C(F)(F)F)ncc3Cl)C1)C2. The number of carbonyl (C=O) groups excluding carboxylic acids is 1. The zero-order chi connectivity index (χ0) is 22.6. The van der Waals surface area contributed by atoms with Gasteiger partial charge in [0.1, 0.15) is 23.4 Å². The fraction of sp³-hybridized carbons (Fsp3) is 0.500. The minimum atomic E-state index is -4.56. The molecule has 0 bridgehead atoms. The number of pyridine rings is 1. The van der Waals surface area contributed by atoms with E-state index in [9.17, 15) is 18.0 Å². The highest BCUT2D eigenvalue weighted by Crippen LogP contribution is 2.36. The molecule has 0 aliphatic carbocycles. The maximum Gasteiger partial charge on any atom is 0.433 e. The van der Waals surface area contributed by atoms with Crippen molar-refractivity contribution in [2.75, 3.05) is 36.0 Å². The van der Waals surface area contributed by atoms with Crippen LogP contribution >= 0.6 is 11.6 Å². The first kappa shape index (κ1) is 21.0. The van der Waals surface area contributed by atoms with Crippen molar-refractivity contribution in [2.45, 2.75) is 38.7 Å². The first-order chi connectivity index (χ1) is 15.2. The molecule has 2 aromatic heterocycles. The number of carbonyl (C=O) groups is 1. The third-order valence-electron chi connectivity index (χ3n) is 5.87. The third kappa shape index (κ3) is 3.78. The Morgan fingerprint density at radius 1 is 1.19 bits per heavy atom. The number of nitrogens with zero attached hydrogens (tertiary/aromatic N) is 6. The van der Waals surface area contributed by atoms with E-state index < -0.39 is 24.1 Å². The highest BCUT2D eigenvalue weighted by atomic mass is 35.5. The van der Waals surface area contributed by atoms with Gasteiger partial charge in [-0.05, 0) is 19.4 Å². The molecule has 5 rings (SSSR count). The van der Waals surface area contributed by atoms with E-state index in [1.807, 2.05) is 6.92 Å². The Morgan fingerprint density at radius 3 is 2.59 bits per heavy atom. The third-order valence-corrected chi connectivity index (χ3v) is 6.16. The van der Waals surface area contributed by atoms with Crippen LogP contribution in [0.3, 0.4) is 0 Å². The number of hydrogen-bond acceptors (Lipinski definition) is 7. The van der Waals surface area contributed by atoms with Crippen LogP contribution in [0.1, 0.15) is 29.2 Å². The number of aromatic nitrogens is 3. The van der Waals surface area contributed by atoms with E-state index in [1.54, 1.807) is 9.80 Å². The molecule has 1 amide bonds. The van der Waals surface area contributed by atoms with Crippen LogP contribution in [0.2, 0.25) is 5.02 Å². The lowest BCUT2D eigenvalue weighted by Gasteiger charge is -2.41. The van der Waals surface area contributed by atoms with E-state index in [2.05, 4.69) is 19.9 Å². The van der Waals surface area contributed by atoms with Crippen LogP contribution in [-0.4, -0.2) is 58.2 Å². The summed E-state index contributed by atoms with van der Waals surface area (Å²) in [6.45, 7) is 4.96. The maximum atomic E-state index is 12.9. The summed E-state index contributed by atoms with van der Waals surface area (Å²) in [5, 5.41) is 0.116. The molecule has 2 fully saturated rings. The first-order valence-corrected chi connectivity index (χ1v) is 10.6. The first-order valence-electron chi connectivity index (χ1n) is 10.2. The second-order valence-electron chi connectivity index (χ2n) is 8.15. The number of alkyl halides is 3. The maximum absolute atomic E-state index is 12.9. The molecular weight excluding hydrogens is 449 g/mol. The van der Waals surface area contributed by atoms with E-state index in [0.717, 1.165) is 48.8 Å². The number of hydrogen-bond donors (Lipinski definition) is 0. The van der Waals surface area contributed by atoms with Gasteiger partial charge in [-0.25, -0.2) is 14.8 Å². The van der Waals surface area contributed by atoms with Gasteiger partial charge in [-0.15, -0.1) is 0 Å². The van der Waals surface area contributed by atoms with E-state index in [0.29, 0.717) is 18.9 Å². The summed E-state index contributed by atoms with van der Waals surface area (Å²) >= 11 is 6.03. The van der Waals surface area contributed by atoms with Crippen LogP contribution in [-0.2, 0) is 24.0 Å². The summed E-state index contributed by atoms with van der Waals surface area (Å²) in [5.41, 5.74) is 0.988. The molecule has 32 heavy (non-hydrogen) atoms. The zero-order valence-electron chi connectivity index (χ0n) is 17.2. The van der Waals surface area contributed by atoms with Crippen LogP contribution in [0.25, 0.3) is 0 Å². The van der Waals surface area contributed by atoms with Gasteiger partial charge in [-0.1, -0.05) is 11.6 Å². The van der Waals surface area contributed by atoms with Crippen molar-refractivity contribution in [1.82, 2.24) is 19.9 Å². The van der Waals surface area contributed by atoms with E-state index in [4.69, 9.17) is 16.3 Å². The average Bonchev–Trinajstić information content (AvgIpc) is 3.07. The molecule has 0 unspecified atom stereocenters. The molecule has 3 aliphatic heterocycles. The summed E-state index contributed by atoms with van der Waals surface area (Å²) in [5.74, 6) is 1.56. The number of halogens is 4. The second-order valence-corrected chi connectivity index (χ2v) is 8.55. The van der Waals surface area contributed by atoms with Crippen molar-refractivity contribution in [3.05, 3.63) is 40.1 Å². The van der Waals surface area contributed by atoms with Gasteiger partial charge in [0.15, 0.2) is 0 Å². The number of rotatable bonds is 3. The fourth-order valence-electron chi connectivity index (χ4n) is 4.03. The molecule has 2 aromatic rings. The van der Waals surface area contributed by atoms with Crippen molar-refractivity contribution in [1.29, 1.82) is 0 Å². The predicted octanol–water partition coefficient (Wildman–Crippen LogP) is 3.40. The lowest BCUT2D eigenvalue weighted by molar-refractivity contribution is -0.141. The Labute approximate surface area is 186 Å². The topological polar surface area (TPSA) is 74.7 Å². The van der Waals surface area contributed by atoms with Crippen LogP contribution in [0.5, 0.6) is 0 Å². The van der Waals surface area contributed by atoms with Crippen molar-refractivity contribution >= 4 is 29.2 Å². The molecule has 0 aromatic carbocycles. The lowest BCUT2D eigenvalue weighted by Crippen LogP contribution is -2.54. The molecule has 2 saturated heterocycles. The minimum absolute atomic E-state index is 0.116. The van der Waals surface area contributed by atoms with Gasteiger partial charge in [0.25, 0.3) is 0 Å². The number of aryl methyl sites for hydroxylation is 1. The largest absolute Gasteiger partial charge is 0.442 e. The molecule has 0 N–H and O–H groups in total. The molecule has 0 radical (unpaired) electrons. The lowest BCUT2D eigenvalue weighted by atomic mass is 10.1. The normalized spacial score (nSPS) is 18.3. The van der Waals surface area contributed by atoms with Gasteiger partial charge in [-0.2, -0.15) is 13.2 Å². The molecule has 5 heterocycles.